The molecule has 0 saturated carbocycles. The van der Waals surface area contributed by atoms with Crippen LogP contribution in [0.4, 0.5) is 0 Å². The predicted molar refractivity (Wildman–Crippen MR) is 141 cm³/mol. The molecule has 33 heavy (non-hydrogen) atoms. The van der Waals surface area contributed by atoms with Crippen LogP contribution in [0.15, 0.2) is 35.3 Å². The molecule has 8 heteroatoms. The number of halogens is 1. The van der Waals surface area contributed by atoms with Crippen LogP contribution < -0.4 is 5.32 Å². The standard InChI is InChI=1S/C25H38N4O3.HI/c1-2-26-25(29-14-16-32-23(19-29)22-9-6-15-31-22)27-18-24(30)28-12-10-21(11-13-28)17-20-7-4-3-5-8-20;/h3-5,7-8,21-23H,2,6,9-19H2,1H3,(H,26,27);1H. The highest BCUT2D eigenvalue weighted by molar-refractivity contribution is 14.0. The SMILES string of the molecule is CCNC(=NCC(=O)N1CCC(Cc2ccccc2)CC1)N1CCOC(C2CCCO2)C1.I. The van der Waals surface area contributed by atoms with E-state index in [4.69, 9.17) is 14.5 Å². The quantitative estimate of drug-likeness (QED) is 0.324. The number of morpholine rings is 1. The zero-order chi connectivity index (χ0) is 22.2. The molecule has 2 unspecified atom stereocenters. The van der Waals surface area contributed by atoms with Gasteiger partial charge in [-0.25, -0.2) is 4.99 Å². The number of amides is 1. The molecule has 2 atom stereocenters. The minimum Gasteiger partial charge on any atom is -0.375 e. The number of benzene rings is 1. The summed E-state index contributed by atoms with van der Waals surface area (Å²) in [6, 6.07) is 10.7. The van der Waals surface area contributed by atoms with Crippen LogP contribution in [0.3, 0.4) is 0 Å². The fourth-order valence-electron chi connectivity index (χ4n) is 4.99. The van der Waals surface area contributed by atoms with Crippen molar-refractivity contribution < 1.29 is 14.3 Å². The van der Waals surface area contributed by atoms with Gasteiger partial charge in [0.15, 0.2) is 5.96 Å². The van der Waals surface area contributed by atoms with Gasteiger partial charge in [-0.3, -0.25) is 4.79 Å². The molecule has 4 rings (SSSR count). The first-order valence-electron chi connectivity index (χ1n) is 12.3. The highest BCUT2D eigenvalue weighted by Crippen LogP contribution is 2.22. The van der Waals surface area contributed by atoms with E-state index >= 15 is 0 Å². The summed E-state index contributed by atoms with van der Waals surface area (Å²) in [5.41, 5.74) is 1.39. The fraction of sp³-hybridized carbons (Fsp3) is 0.680. The van der Waals surface area contributed by atoms with Gasteiger partial charge in [-0.2, -0.15) is 0 Å². The van der Waals surface area contributed by atoms with E-state index in [1.165, 1.54) is 5.56 Å². The van der Waals surface area contributed by atoms with Crippen molar-refractivity contribution in [1.29, 1.82) is 0 Å². The van der Waals surface area contributed by atoms with Crippen LogP contribution in [0.2, 0.25) is 0 Å². The summed E-state index contributed by atoms with van der Waals surface area (Å²) in [6.07, 6.45) is 5.66. The van der Waals surface area contributed by atoms with Crippen LogP contribution in [-0.2, 0) is 20.7 Å². The number of guanidine groups is 1. The molecule has 0 radical (unpaired) electrons. The summed E-state index contributed by atoms with van der Waals surface area (Å²) in [6.45, 7) is 7.75. The number of nitrogens with zero attached hydrogens (tertiary/aromatic N) is 3. The summed E-state index contributed by atoms with van der Waals surface area (Å²) in [5.74, 6) is 1.60. The second-order valence-corrected chi connectivity index (χ2v) is 9.09. The Morgan fingerprint density at radius 1 is 1.03 bits per heavy atom. The minimum atomic E-state index is 0. The number of hydrogen-bond donors (Lipinski definition) is 1. The molecule has 1 amide bonds. The number of hydrogen-bond acceptors (Lipinski definition) is 4. The molecule has 1 aromatic carbocycles. The van der Waals surface area contributed by atoms with Gasteiger partial charge in [0.25, 0.3) is 0 Å². The molecule has 0 aliphatic carbocycles. The third-order valence-corrected chi connectivity index (χ3v) is 6.81. The van der Waals surface area contributed by atoms with E-state index in [9.17, 15) is 4.79 Å². The van der Waals surface area contributed by atoms with Crippen molar-refractivity contribution in [3.8, 4) is 0 Å². The number of rotatable bonds is 6. The summed E-state index contributed by atoms with van der Waals surface area (Å²) in [5, 5.41) is 3.36. The van der Waals surface area contributed by atoms with Gasteiger partial charge in [-0.15, -0.1) is 24.0 Å². The van der Waals surface area contributed by atoms with Crippen LogP contribution in [0.25, 0.3) is 0 Å². The predicted octanol–water partition coefficient (Wildman–Crippen LogP) is 2.93. The highest BCUT2D eigenvalue weighted by atomic mass is 127. The van der Waals surface area contributed by atoms with Gasteiger partial charge in [-0.1, -0.05) is 30.3 Å². The molecule has 3 aliphatic heterocycles. The van der Waals surface area contributed by atoms with Gasteiger partial charge >= 0.3 is 0 Å². The number of aliphatic imine (C=N–C) groups is 1. The first-order chi connectivity index (χ1) is 15.7. The third kappa shape index (κ3) is 7.55. The number of nitrogens with one attached hydrogen (secondary N) is 1. The number of likely N-dealkylation sites (tertiary alicyclic amines) is 1. The lowest BCUT2D eigenvalue weighted by Gasteiger charge is -2.37. The number of ether oxygens (including phenoxy) is 2. The number of carbonyl (C=O) groups is 1. The molecule has 0 aromatic heterocycles. The van der Waals surface area contributed by atoms with Crippen molar-refractivity contribution in [3.05, 3.63) is 35.9 Å². The molecule has 1 aromatic rings. The maximum Gasteiger partial charge on any atom is 0.244 e. The second kappa shape index (κ2) is 13.5. The Balaban J connectivity index is 0.00000306. The van der Waals surface area contributed by atoms with E-state index in [2.05, 4.69) is 47.5 Å². The molecule has 3 saturated heterocycles. The lowest BCUT2D eigenvalue weighted by Crippen LogP contribution is -2.53. The molecule has 3 fully saturated rings. The Kier molecular flexibility index (Phi) is 10.7. The summed E-state index contributed by atoms with van der Waals surface area (Å²) < 4.78 is 11.8. The van der Waals surface area contributed by atoms with E-state index in [0.717, 1.165) is 77.4 Å². The molecule has 3 aliphatic rings. The molecular formula is C25H39IN4O3. The van der Waals surface area contributed by atoms with Crippen LogP contribution in [0.1, 0.15) is 38.2 Å². The second-order valence-electron chi connectivity index (χ2n) is 9.09. The Hall–Kier alpha value is -1.39. The smallest absolute Gasteiger partial charge is 0.244 e. The minimum absolute atomic E-state index is 0. The lowest BCUT2D eigenvalue weighted by molar-refractivity contribution is -0.131. The summed E-state index contributed by atoms with van der Waals surface area (Å²) in [7, 11) is 0. The third-order valence-electron chi connectivity index (χ3n) is 6.81. The normalized spacial score (nSPS) is 24.5. The first kappa shape index (κ1) is 26.2. The van der Waals surface area contributed by atoms with Crippen LogP contribution in [0, 0.1) is 5.92 Å². The highest BCUT2D eigenvalue weighted by Gasteiger charge is 2.32. The molecular weight excluding hydrogens is 531 g/mol. The molecule has 7 nitrogen and oxygen atoms in total. The van der Waals surface area contributed by atoms with E-state index in [1.54, 1.807) is 0 Å². The summed E-state index contributed by atoms with van der Waals surface area (Å²) in [4.78, 5) is 21.8. The number of carbonyl (C=O) groups excluding carboxylic acids is 1. The number of piperidine rings is 1. The van der Waals surface area contributed by atoms with Crippen molar-refractivity contribution in [2.24, 2.45) is 10.9 Å². The van der Waals surface area contributed by atoms with E-state index in [0.29, 0.717) is 12.5 Å². The lowest BCUT2D eigenvalue weighted by atomic mass is 9.90. The van der Waals surface area contributed by atoms with Gasteiger partial charge in [0, 0.05) is 39.3 Å². The Bertz CT molecular complexity index is 749. The largest absolute Gasteiger partial charge is 0.375 e. The Labute approximate surface area is 215 Å². The van der Waals surface area contributed by atoms with Crippen LogP contribution in [0.5, 0.6) is 0 Å². The molecule has 0 spiro atoms. The fourth-order valence-corrected chi connectivity index (χ4v) is 4.99. The average molecular weight is 571 g/mol. The summed E-state index contributed by atoms with van der Waals surface area (Å²) >= 11 is 0. The van der Waals surface area contributed by atoms with Crippen LogP contribution in [-0.4, -0.2) is 86.4 Å². The van der Waals surface area contributed by atoms with Crippen LogP contribution >= 0.6 is 24.0 Å². The topological polar surface area (TPSA) is 66.4 Å². The van der Waals surface area contributed by atoms with Crippen molar-refractivity contribution in [1.82, 2.24) is 15.1 Å². The maximum atomic E-state index is 12.9. The Morgan fingerprint density at radius 3 is 2.48 bits per heavy atom. The maximum absolute atomic E-state index is 12.9. The molecule has 184 valence electrons. The Morgan fingerprint density at radius 2 is 1.79 bits per heavy atom. The van der Waals surface area contributed by atoms with Crippen molar-refractivity contribution in [2.75, 3.05) is 52.5 Å². The molecule has 1 N–H and O–H groups in total. The van der Waals surface area contributed by atoms with Gasteiger partial charge in [0.1, 0.15) is 12.6 Å². The van der Waals surface area contributed by atoms with Crippen molar-refractivity contribution in [2.45, 2.75) is 51.2 Å². The van der Waals surface area contributed by atoms with Gasteiger partial charge in [-0.05, 0) is 50.5 Å². The van der Waals surface area contributed by atoms with E-state index in [-0.39, 0.29) is 48.6 Å². The van der Waals surface area contributed by atoms with Gasteiger partial charge < -0.3 is 24.6 Å². The monoisotopic (exact) mass is 570 g/mol. The van der Waals surface area contributed by atoms with Gasteiger partial charge in [0.2, 0.25) is 5.91 Å². The average Bonchev–Trinajstić information content (AvgIpc) is 3.38. The van der Waals surface area contributed by atoms with Crippen molar-refractivity contribution in [3.63, 3.8) is 0 Å². The van der Waals surface area contributed by atoms with E-state index in [1.807, 2.05) is 4.90 Å². The zero-order valence-corrected chi connectivity index (χ0v) is 22.1. The van der Waals surface area contributed by atoms with E-state index < -0.39 is 0 Å². The van der Waals surface area contributed by atoms with Crippen molar-refractivity contribution >= 4 is 35.8 Å². The zero-order valence-electron chi connectivity index (χ0n) is 19.8. The first-order valence-corrected chi connectivity index (χ1v) is 12.3. The van der Waals surface area contributed by atoms with Gasteiger partial charge in [0.05, 0.1) is 12.7 Å². The molecule has 0 bridgehead atoms. The molecule has 3 heterocycles.